The molecule has 0 bridgehead atoms. The van der Waals surface area contributed by atoms with Crippen LogP contribution in [-0.2, 0) is 0 Å². The molecule has 2 heteroatoms. The molecule has 1 aromatic heterocycles. The van der Waals surface area contributed by atoms with Crippen molar-refractivity contribution in [2.75, 3.05) is 6.54 Å². The van der Waals surface area contributed by atoms with Crippen molar-refractivity contribution in [1.29, 1.82) is 0 Å². The fourth-order valence-corrected chi connectivity index (χ4v) is 1.46. The fraction of sp³-hybridized carbons (Fsp3) is 0.636. The van der Waals surface area contributed by atoms with E-state index in [2.05, 4.69) is 13.0 Å². The third kappa shape index (κ3) is 3.23. The van der Waals surface area contributed by atoms with E-state index in [-0.39, 0.29) is 0 Å². The molecule has 2 nitrogen and oxygen atoms in total. The van der Waals surface area contributed by atoms with Crippen LogP contribution in [0.4, 0.5) is 0 Å². The highest BCUT2D eigenvalue weighted by Gasteiger charge is 2.08. The molecular weight excluding hydrogens is 162 g/mol. The van der Waals surface area contributed by atoms with Crippen molar-refractivity contribution < 1.29 is 4.42 Å². The number of hydrogen-bond acceptors (Lipinski definition) is 2. The van der Waals surface area contributed by atoms with Crippen LogP contribution in [0.5, 0.6) is 0 Å². The molecule has 0 saturated heterocycles. The second-order valence-electron chi connectivity index (χ2n) is 3.63. The van der Waals surface area contributed by atoms with E-state index in [0.717, 1.165) is 24.5 Å². The van der Waals surface area contributed by atoms with Gasteiger partial charge in [-0.05, 0) is 38.4 Å². The van der Waals surface area contributed by atoms with E-state index in [4.69, 9.17) is 10.2 Å². The summed E-state index contributed by atoms with van der Waals surface area (Å²) in [6, 6.07) is 4.09. The van der Waals surface area contributed by atoms with Gasteiger partial charge in [0.25, 0.3) is 0 Å². The molecule has 0 amide bonds. The number of unbranched alkanes of at least 4 members (excludes halogenated alkanes) is 1. The van der Waals surface area contributed by atoms with Gasteiger partial charge >= 0.3 is 0 Å². The first-order valence-electron chi connectivity index (χ1n) is 5.00. The lowest BCUT2D eigenvalue weighted by molar-refractivity contribution is 0.435. The molecule has 2 N–H and O–H groups in total. The summed E-state index contributed by atoms with van der Waals surface area (Å²) in [6.07, 6.45) is 3.48. The Bertz CT molecular complexity index is 242. The Labute approximate surface area is 80.1 Å². The Kier molecular flexibility index (Phi) is 4.03. The molecule has 0 saturated carbocycles. The largest absolute Gasteiger partial charge is 0.466 e. The topological polar surface area (TPSA) is 39.2 Å². The van der Waals surface area contributed by atoms with Crippen LogP contribution in [0.2, 0.25) is 0 Å². The number of furan rings is 1. The molecule has 0 aliphatic rings. The molecule has 1 atom stereocenters. The molecule has 1 unspecified atom stereocenters. The van der Waals surface area contributed by atoms with Crippen LogP contribution in [0, 0.1) is 6.92 Å². The first-order valence-corrected chi connectivity index (χ1v) is 5.00. The zero-order valence-electron chi connectivity index (χ0n) is 8.55. The highest BCUT2D eigenvalue weighted by Crippen LogP contribution is 2.22. The van der Waals surface area contributed by atoms with Gasteiger partial charge in [0.2, 0.25) is 0 Å². The van der Waals surface area contributed by atoms with Gasteiger partial charge in [0.05, 0.1) is 0 Å². The van der Waals surface area contributed by atoms with Crippen LogP contribution in [0.25, 0.3) is 0 Å². The van der Waals surface area contributed by atoms with Crippen molar-refractivity contribution in [1.82, 2.24) is 0 Å². The zero-order chi connectivity index (χ0) is 9.68. The molecule has 0 aliphatic carbocycles. The minimum absolute atomic E-state index is 0.528. The molecule has 0 aromatic carbocycles. The summed E-state index contributed by atoms with van der Waals surface area (Å²) in [5.74, 6) is 2.63. The first-order chi connectivity index (χ1) is 6.24. The molecule has 1 aromatic rings. The van der Waals surface area contributed by atoms with E-state index in [1.54, 1.807) is 0 Å². The zero-order valence-corrected chi connectivity index (χ0v) is 8.55. The third-order valence-corrected chi connectivity index (χ3v) is 2.34. The van der Waals surface area contributed by atoms with E-state index in [1.165, 1.54) is 12.8 Å². The molecule has 0 fully saturated rings. The smallest absolute Gasteiger partial charge is 0.106 e. The maximum atomic E-state index is 5.54. The lowest BCUT2D eigenvalue weighted by Crippen LogP contribution is -1.99. The lowest BCUT2D eigenvalue weighted by atomic mass is 10.0. The van der Waals surface area contributed by atoms with Gasteiger partial charge in [-0.15, -0.1) is 0 Å². The van der Waals surface area contributed by atoms with Crippen molar-refractivity contribution in [2.45, 2.75) is 39.0 Å². The average Bonchev–Trinajstić information content (AvgIpc) is 2.52. The first kappa shape index (κ1) is 10.3. The molecule has 74 valence electrons. The quantitative estimate of drug-likeness (QED) is 0.709. The van der Waals surface area contributed by atoms with E-state index in [1.807, 2.05) is 13.0 Å². The second-order valence-corrected chi connectivity index (χ2v) is 3.63. The van der Waals surface area contributed by atoms with Gasteiger partial charge < -0.3 is 10.2 Å². The van der Waals surface area contributed by atoms with Gasteiger partial charge in [-0.1, -0.05) is 13.3 Å². The highest BCUT2D eigenvalue weighted by atomic mass is 16.3. The standard InChI is InChI=1S/C11H19NO/c1-9(5-3-4-8-12)11-7-6-10(2)13-11/h6-7,9H,3-5,8,12H2,1-2H3. The van der Waals surface area contributed by atoms with Crippen LogP contribution >= 0.6 is 0 Å². The lowest BCUT2D eigenvalue weighted by Gasteiger charge is -2.06. The van der Waals surface area contributed by atoms with Crippen LogP contribution < -0.4 is 5.73 Å². The Morgan fingerprint density at radius 3 is 2.69 bits per heavy atom. The molecule has 1 heterocycles. The van der Waals surface area contributed by atoms with Crippen LogP contribution in [0.1, 0.15) is 43.6 Å². The molecule has 13 heavy (non-hydrogen) atoms. The minimum Gasteiger partial charge on any atom is -0.466 e. The number of hydrogen-bond donors (Lipinski definition) is 1. The summed E-state index contributed by atoms with van der Waals surface area (Å²) < 4.78 is 5.54. The Hall–Kier alpha value is -0.760. The van der Waals surface area contributed by atoms with E-state index in [0.29, 0.717) is 5.92 Å². The highest BCUT2D eigenvalue weighted by molar-refractivity contribution is 5.09. The summed E-state index contributed by atoms with van der Waals surface area (Å²) in [7, 11) is 0. The van der Waals surface area contributed by atoms with Crippen LogP contribution in [-0.4, -0.2) is 6.54 Å². The van der Waals surface area contributed by atoms with Gasteiger partial charge in [-0.3, -0.25) is 0 Å². The number of rotatable bonds is 5. The van der Waals surface area contributed by atoms with Crippen molar-refractivity contribution in [3.63, 3.8) is 0 Å². The van der Waals surface area contributed by atoms with E-state index < -0.39 is 0 Å². The van der Waals surface area contributed by atoms with Crippen molar-refractivity contribution >= 4 is 0 Å². The summed E-state index contributed by atoms with van der Waals surface area (Å²) in [4.78, 5) is 0. The van der Waals surface area contributed by atoms with Crippen molar-refractivity contribution in [2.24, 2.45) is 5.73 Å². The average molecular weight is 181 g/mol. The van der Waals surface area contributed by atoms with E-state index >= 15 is 0 Å². The SMILES string of the molecule is Cc1ccc(C(C)CCCCN)o1. The maximum absolute atomic E-state index is 5.54. The maximum Gasteiger partial charge on any atom is 0.106 e. The predicted octanol–water partition coefficient (Wildman–Crippen LogP) is 2.82. The molecule has 0 aliphatic heterocycles. The van der Waals surface area contributed by atoms with Crippen LogP contribution in [0.3, 0.4) is 0 Å². The van der Waals surface area contributed by atoms with Gasteiger partial charge in [0.15, 0.2) is 0 Å². The van der Waals surface area contributed by atoms with Crippen molar-refractivity contribution in [3.8, 4) is 0 Å². The summed E-state index contributed by atoms with van der Waals surface area (Å²) in [5.41, 5.74) is 5.43. The Morgan fingerprint density at radius 1 is 1.38 bits per heavy atom. The monoisotopic (exact) mass is 181 g/mol. The molecule has 1 rings (SSSR count). The number of nitrogens with two attached hydrogens (primary N) is 1. The molecule has 0 spiro atoms. The van der Waals surface area contributed by atoms with Gasteiger partial charge in [-0.25, -0.2) is 0 Å². The number of aryl methyl sites for hydroxylation is 1. The van der Waals surface area contributed by atoms with Gasteiger partial charge in [0.1, 0.15) is 11.5 Å². The Balaban J connectivity index is 2.35. The predicted molar refractivity (Wildman–Crippen MR) is 54.8 cm³/mol. The fourth-order valence-electron chi connectivity index (χ4n) is 1.46. The Morgan fingerprint density at radius 2 is 2.15 bits per heavy atom. The van der Waals surface area contributed by atoms with Crippen LogP contribution in [0.15, 0.2) is 16.5 Å². The third-order valence-electron chi connectivity index (χ3n) is 2.34. The van der Waals surface area contributed by atoms with Crippen molar-refractivity contribution in [3.05, 3.63) is 23.7 Å². The summed E-state index contributed by atoms with van der Waals surface area (Å²) in [6.45, 7) is 4.98. The minimum atomic E-state index is 0.528. The molecule has 0 radical (unpaired) electrons. The summed E-state index contributed by atoms with van der Waals surface area (Å²) >= 11 is 0. The van der Waals surface area contributed by atoms with Gasteiger partial charge in [-0.2, -0.15) is 0 Å². The second kappa shape index (κ2) is 5.07. The normalized spacial score (nSPS) is 13.2. The van der Waals surface area contributed by atoms with E-state index in [9.17, 15) is 0 Å². The summed E-state index contributed by atoms with van der Waals surface area (Å²) in [5, 5.41) is 0. The van der Waals surface area contributed by atoms with Gasteiger partial charge in [0, 0.05) is 5.92 Å². The molecular formula is C11H19NO.